The summed E-state index contributed by atoms with van der Waals surface area (Å²) >= 11 is 0. The Morgan fingerprint density at radius 3 is 2.57 bits per heavy atom. The van der Waals surface area contributed by atoms with E-state index >= 15 is 0 Å². The minimum absolute atomic E-state index is 0.0783. The van der Waals surface area contributed by atoms with Crippen molar-refractivity contribution in [3.8, 4) is 0 Å². The number of nitrogens with two attached hydrogens (primary N) is 1. The topological polar surface area (TPSA) is 242 Å². The Morgan fingerprint density at radius 1 is 1.18 bits per heavy atom. The average molecular weight is 443 g/mol. The predicted octanol–water partition coefficient (Wildman–Crippen LogP) is -1.25. The van der Waals surface area contributed by atoms with E-state index in [9.17, 15) is 24.2 Å². The lowest BCUT2D eigenvalue weighted by Gasteiger charge is -2.18. The van der Waals surface area contributed by atoms with Gasteiger partial charge in [0, 0.05) is 0 Å². The fraction of sp³-hybridized carbons (Fsp3) is 0.500. The second-order valence-electron chi connectivity index (χ2n) is 5.53. The Labute approximate surface area is 155 Å². The lowest BCUT2D eigenvalue weighted by Crippen LogP contribution is -2.33. The number of aliphatic hydroxyl groups is 2. The number of rotatable bonds is 7. The third-order valence-electron chi connectivity index (χ3n) is 3.71. The molecule has 2 aromatic rings. The molecule has 1 fully saturated rings. The third kappa shape index (κ3) is 4.22. The first-order valence-corrected chi connectivity index (χ1v) is 10.3. The van der Waals surface area contributed by atoms with Crippen molar-refractivity contribution in [2.45, 2.75) is 24.5 Å². The van der Waals surface area contributed by atoms with Gasteiger partial charge in [0.15, 0.2) is 17.7 Å². The largest absolute Gasteiger partial charge is 0.508 e. The number of aliphatic hydroxyl groups excluding tert-OH is 2. The molecule has 28 heavy (non-hydrogen) atoms. The van der Waals surface area contributed by atoms with E-state index in [0.29, 0.717) is 0 Å². The Kier molecular flexibility index (Phi) is 5.82. The Bertz CT molecular complexity index is 955. The number of anilines is 1. The van der Waals surface area contributed by atoms with Crippen LogP contribution >= 0.6 is 15.6 Å². The second kappa shape index (κ2) is 7.70. The molecule has 1 saturated heterocycles. The minimum atomic E-state index is -5.24. The molecule has 16 nitrogen and oxygen atoms in total. The number of ether oxygens (including phenoxy) is 1. The molecular formula is C10H15N5O11P2. The van der Waals surface area contributed by atoms with Crippen LogP contribution in [0.1, 0.15) is 6.23 Å². The van der Waals surface area contributed by atoms with Crippen molar-refractivity contribution in [2.75, 3.05) is 12.3 Å². The maximum Gasteiger partial charge on any atom is 0.508 e. The molecule has 3 heterocycles. The molecule has 6 atom stereocenters. The van der Waals surface area contributed by atoms with Gasteiger partial charge in [-0.15, -0.1) is 4.67 Å². The molecule has 0 spiro atoms. The van der Waals surface area contributed by atoms with Crippen LogP contribution in [0.5, 0.6) is 0 Å². The van der Waals surface area contributed by atoms with Crippen LogP contribution in [0.2, 0.25) is 0 Å². The first-order chi connectivity index (χ1) is 13.0. The zero-order valence-corrected chi connectivity index (χ0v) is 15.4. The molecule has 2 unspecified atom stereocenters. The molecule has 0 radical (unpaired) electrons. The number of fused-ring (bicyclic) bond motifs is 1. The Hall–Kier alpha value is -1.55. The molecule has 156 valence electrons. The van der Waals surface area contributed by atoms with E-state index < -0.39 is 46.8 Å². The first kappa shape index (κ1) is 21.2. The molecule has 0 aliphatic carbocycles. The van der Waals surface area contributed by atoms with Crippen molar-refractivity contribution in [3.63, 3.8) is 0 Å². The summed E-state index contributed by atoms with van der Waals surface area (Å²) in [7, 11) is -10.4. The molecule has 3 rings (SSSR count). The monoisotopic (exact) mass is 443 g/mol. The van der Waals surface area contributed by atoms with Crippen LogP contribution in [0.3, 0.4) is 0 Å². The van der Waals surface area contributed by atoms with Crippen LogP contribution in [0.4, 0.5) is 5.82 Å². The van der Waals surface area contributed by atoms with Gasteiger partial charge >= 0.3 is 15.6 Å². The molecule has 2 aromatic heterocycles. The zero-order valence-electron chi connectivity index (χ0n) is 13.6. The number of hydrogen-bond donors (Lipinski definition) is 6. The molecule has 1 aliphatic rings. The summed E-state index contributed by atoms with van der Waals surface area (Å²) in [5.41, 5.74) is 6.09. The van der Waals surface area contributed by atoms with Crippen molar-refractivity contribution in [1.29, 1.82) is 0 Å². The van der Waals surface area contributed by atoms with Gasteiger partial charge in [0.25, 0.3) is 0 Å². The Balaban J connectivity index is 1.73. The number of nitrogens with zero attached hydrogens (tertiary/aromatic N) is 4. The minimum Gasteiger partial charge on any atom is -0.387 e. The molecule has 0 aromatic carbocycles. The van der Waals surface area contributed by atoms with Gasteiger partial charge in [-0.3, -0.25) is 9.09 Å². The fourth-order valence-electron chi connectivity index (χ4n) is 2.49. The number of phosphoric acid groups is 2. The van der Waals surface area contributed by atoms with Crippen molar-refractivity contribution in [1.82, 2.24) is 19.5 Å². The highest BCUT2D eigenvalue weighted by Gasteiger charge is 2.46. The van der Waals surface area contributed by atoms with E-state index in [4.69, 9.17) is 20.6 Å². The molecular weight excluding hydrogens is 428 g/mol. The van der Waals surface area contributed by atoms with E-state index in [1.54, 1.807) is 0 Å². The van der Waals surface area contributed by atoms with E-state index in [1.165, 1.54) is 10.9 Å². The van der Waals surface area contributed by atoms with Crippen molar-refractivity contribution in [2.24, 2.45) is 0 Å². The van der Waals surface area contributed by atoms with Crippen LogP contribution in [-0.4, -0.2) is 69.7 Å². The highest BCUT2D eigenvalue weighted by molar-refractivity contribution is 7.61. The van der Waals surface area contributed by atoms with Crippen LogP contribution in [-0.2, 0) is 27.4 Å². The molecule has 7 N–H and O–H groups in total. The molecule has 0 saturated carbocycles. The van der Waals surface area contributed by atoms with Crippen molar-refractivity contribution in [3.05, 3.63) is 12.7 Å². The van der Waals surface area contributed by atoms with Crippen LogP contribution in [0.25, 0.3) is 11.2 Å². The van der Waals surface area contributed by atoms with Gasteiger partial charge < -0.3 is 30.5 Å². The fourth-order valence-corrected chi connectivity index (χ4v) is 4.18. The maximum atomic E-state index is 11.6. The summed E-state index contributed by atoms with van der Waals surface area (Å²) in [6.07, 6.45) is -3.28. The number of phosphoric ester groups is 1. The van der Waals surface area contributed by atoms with E-state index in [-0.39, 0.29) is 17.0 Å². The van der Waals surface area contributed by atoms with Gasteiger partial charge in [0.1, 0.15) is 30.2 Å². The SMILES string of the molecule is Nc1ncnc2c1ncn2[C@@H]1O[C@H](COP(=O)(O)OP(=O)(O)OO)[C@@H](O)[C@H]1O. The van der Waals surface area contributed by atoms with Crippen molar-refractivity contribution < 1.29 is 52.6 Å². The van der Waals surface area contributed by atoms with Gasteiger partial charge in [-0.2, -0.15) is 4.31 Å². The molecule has 0 amide bonds. The smallest absolute Gasteiger partial charge is 0.387 e. The quantitative estimate of drug-likeness (QED) is 0.166. The predicted molar refractivity (Wildman–Crippen MR) is 86.1 cm³/mol. The van der Waals surface area contributed by atoms with E-state index in [2.05, 4.69) is 28.5 Å². The first-order valence-electron chi connectivity index (χ1n) is 7.34. The summed E-state index contributed by atoms with van der Waals surface area (Å²) < 4.78 is 40.5. The van der Waals surface area contributed by atoms with Gasteiger partial charge in [0.05, 0.1) is 12.9 Å². The molecule has 0 bridgehead atoms. The maximum absolute atomic E-state index is 11.6. The highest BCUT2D eigenvalue weighted by Crippen LogP contribution is 2.60. The van der Waals surface area contributed by atoms with Gasteiger partial charge in [-0.1, -0.05) is 0 Å². The van der Waals surface area contributed by atoms with Crippen LogP contribution in [0.15, 0.2) is 12.7 Å². The zero-order chi connectivity index (χ0) is 20.7. The second-order valence-corrected chi connectivity index (χ2v) is 8.47. The van der Waals surface area contributed by atoms with Gasteiger partial charge in [0.2, 0.25) is 0 Å². The number of nitrogen functional groups attached to an aromatic ring is 1. The van der Waals surface area contributed by atoms with E-state index in [0.717, 1.165) is 6.33 Å². The van der Waals surface area contributed by atoms with Gasteiger partial charge in [-0.25, -0.2) is 29.3 Å². The number of aromatic nitrogens is 4. The lowest BCUT2D eigenvalue weighted by molar-refractivity contribution is -0.157. The van der Waals surface area contributed by atoms with Crippen LogP contribution < -0.4 is 5.73 Å². The third-order valence-corrected chi connectivity index (χ3v) is 6.04. The van der Waals surface area contributed by atoms with E-state index in [1.807, 2.05) is 0 Å². The Morgan fingerprint density at radius 2 is 1.89 bits per heavy atom. The van der Waals surface area contributed by atoms with Crippen molar-refractivity contribution >= 4 is 32.6 Å². The lowest BCUT2D eigenvalue weighted by atomic mass is 10.1. The molecule has 1 aliphatic heterocycles. The normalized spacial score (nSPS) is 29.6. The standard InChI is InChI=1S/C10H15N5O11P2/c11-8-5-9(13-2-12-8)15(3-14-5)10-7(17)6(16)4(24-10)1-23-27(19,20)26-28(21,22)25-18/h2-4,6-7,10,16-18H,1H2,(H,19,20)(H,21,22)(H2,11,12,13)/t4-,6-,7-,10-/m1/s1. The van der Waals surface area contributed by atoms with Gasteiger partial charge in [-0.05, 0) is 0 Å². The number of imidazole rings is 1. The summed E-state index contributed by atoms with van der Waals surface area (Å²) in [5, 5.41) is 28.4. The summed E-state index contributed by atoms with van der Waals surface area (Å²) in [4.78, 5) is 29.9. The summed E-state index contributed by atoms with van der Waals surface area (Å²) in [6.45, 7) is -0.836. The average Bonchev–Trinajstić information content (AvgIpc) is 3.16. The summed E-state index contributed by atoms with van der Waals surface area (Å²) in [5.74, 6) is 0.0783. The van der Waals surface area contributed by atoms with Crippen LogP contribution in [0, 0.1) is 0 Å². The number of hydrogen-bond acceptors (Lipinski definition) is 13. The summed E-state index contributed by atoms with van der Waals surface area (Å²) in [6, 6.07) is 0. The highest BCUT2D eigenvalue weighted by atomic mass is 31.3. The molecule has 18 heteroatoms.